The summed E-state index contributed by atoms with van der Waals surface area (Å²) in [6, 6.07) is 11.1. The van der Waals surface area contributed by atoms with Crippen molar-refractivity contribution in [2.75, 3.05) is 5.32 Å². The molecule has 1 aromatic carbocycles. The molecule has 4 rings (SSSR count). The van der Waals surface area contributed by atoms with Crippen molar-refractivity contribution in [1.29, 1.82) is 0 Å². The number of H-pyrrole nitrogens is 1. The largest absolute Gasteiger partial charge is 0.473 e. The van der Waals surface area contributed by atoms with Crippen molar-refractivity contribution in [3.8, 4) is 5.88 Å². The van der Waals surface area contributed by atoms with E-state index in [9.17, 15) is 4.79 Å². The lowest BCUT2D eigenvalue weighted by Crippen LogP contribution is -2.15. The Morgan fingerprint density at radius 2 is 1.88 bits per heavy atom. The second-order valence-electron chi connectivity index (χ2n) is 5.29. The van der Waals surface area contributed by atoms with Crippen LogP contribution in [0.4, 0.5) is 5.82 Å². The number of aromatic nitrogens is 6. The van der Waals surface area contributed by atoms with E-state index in [0.717, 1.165) is 5.56 Å². The zero-order valence-corrected chi connectivity index (χ0v) is 13.5. The van der Waals surface area contributed by atoms with E-state index in [-0.39, 0.29) is 5.69 Å². The van der Waals surface area contributed by atoms with Crippen LogP contribution in [0.3, 0.4) is 0 Å². The van der Waals surface area contributed by atoms with Gasteiger partial charge in [0.1, 0.15) is 30.5 Å². The number of fused-ring (bicyclic) bond motifs is 1. The number of carbonyl (C=O) groups excluding carboxylic acids is 1. The maximum absolute atomic E-state index is 12.5. The van der Waals surface area contributed by atoms with Crippen molar-refractivity contribution in [3.05, 3.63) is 66.6 Å². The quantitative estimate of drug-likeness (QED) is 0.566. The van der Waals surface area contributed by atoms with E-state index in [0.29, 0.717) is 29.5 Å². The molecule has 9 heteroatoms. The van der Waals surface area contributed by atoms with Crippen LogP contribution in [0.1, 0.15) is 16.1 Å². The molecule has 0 unspecified atom stereocenters. The average Bonchev–Trinajstić information content (AvgIpc) is 3.17. The molecule has 0 aliphatic rings. The fourth-order valence-corrected chi connectivity index (χ4v) is 2.31. The Hall–Kier alpha value is -3.88. The minimum absolute atomic E-state index is 0.161. The van der Waals surface area contributed by atoms with E-state index in [1.54, 1.807) is 0 Å². The Morgan fingerprint density at radius 3 is 2.77 bits per heavy atom. The van der Waals surface area contributed by atoms with Crippen LogP contribution in [0.2, 0.25) is 0 Å². The summed E-state index contributed by atoms with van der Waals surface area (Å²) in [5, 5.41) is 2.68. The van der Waals surface area contributed by atoms with Crippen molar-refractivity contribution in [2.45, 2.75) is 6.61 Å². The SMILES string of the molecule is O=C(Nc1ncnc2nc[nH]c12)c1cc(OCc2ccccc2)ncn1. The monoisotopic (exact) mass is 347 g/mol. The topological polar surface area (TPSA) is 119 Å². The highest BCUT2D eigenvalue weighted by atomic mass is 16.5. The van der Waals surface area contributed by atoms with Gasteiger partial charge in [0.25, 0.3) is 5.91 Å². The molecular weight excluding hydrogens is 334 g/mol. The lowest BCUT2D eigenvalue weighted by Gasteiger charge is -2.07. The second-order valence-corrected chi connectivity index (χ2v) is 5.29. The minimum atomic E-state index is -0.438. The summed E-state index contributed by atoms with van der Waals surface area (Å²) in [4.78, 5) is 35.4. The molecule has 0 fully saturated rings. The number of ether oxygens (including phenoxy) is 1. The molecule has 0 aliphatic heterocycles. The van der Waals surface area contributed by atoms with Crippen molar-refractivity contribution >= 4 is 22.9 Å². The second kappa shape index (κ2) is 6.93. The third-order valence-corrected chi connectivity index (χ3v) is 3.56. The van der Waals surface area contributed by atoms with Gasteiger partial charge in [0, 0.05) is 6.07 Å². The molecule has 3 aromatic heterocycles. The molecule has 0 saturated heterocycles. The molecule has 0 saturated carbocycles. The van der Waals surface area contributed by atoms with Crippen LogP contribution in [-0.4, -0.2) is 35.8 Å². The number of hydrogen-bond donors (Lipinski definition) is 2. The van der Waals surface area contributed by atoms with Gasteiger partial charge in [0.15, 0.2) is 11.5 Å². The van der Waals surface area contributed by atoms with Crippen molar-refractivity contribution in [2.24, 2.45) is 0 Å². The summed E-state index contributed by atoms with van der Waals surface area (Å²) in [6.07, 6.45) is 4.09. The Kier molecular flexibility index (Phi) is 4.17. The van der Waals surface area contributed by atoms with Gasteiger partial charge >= 0.3 is 0 Å². The molecule has 26 heavy (non-hydrogen) atoms. The molecule has 0 bridgehead atoms. The number of amides is 1. The Balaban J connectivity index is 1.49. The Bertz CT molecular complexity index is 1050. The first-order valence-electron chi connectivity index (χ1n) is 7.74. The number of nitrogens with zero attached hydrogens (tertiary/aromatic N) is 5. The van der Waals surface area contributed by atoms with Gasteiger partial charge in [-0.25, -0.2) is 24.9 Å². The first kappa shape index (κ1) is 15.6. The molecular formula is C17H13N7O2. The van der Waals surface area contributed by atoms with Crippen LogP contribution in [0.5, 0.6) is 5.88 Å². The predicted molar refractivity (Wildman–Crippen MR) is 92.4 cm³/mol. The summed E-state index contributed by atoms with van der Waals surface area (Å²) < 4.78 is 5.62. The number of nitrogens with one attached hydrogen (secondary N) is 2. The van der Waals surface area contributed by atoms with Crippen LogP contribution >= 0.6 is 0 Å². The molecule has 4 aromatic rings. The molecule has 2 N–H and O–H groups in total. The van der Waals surface area contributed by atoms with Crippen LogP contribution < -0.4 is 10.1 Å². The van der Waals surface area contributed by atoms with E-state index < -0.39 is 5.91 Å². The molecule has 3 heterocycles. The van der Waals surface area contributed by atoms with Crippen LogP contribution in [0, 0.1) is 0 Å². The van der Waals surface area contributed by atoms with Crippen LogP contribution in [0.15, 0.2) is 55.4 Å². The number of benzene rings is 1. The number of anilines is 1. The average molecular weight is 347 g/mol. The number of aromatic amines is 1. The van der Waals surface area contributed by atoms with Gasteiger partial charge in [-0.3, -0.25) is 4.79 Å². The first-order chi connectivity index (χ1) is 12.8. The van der Waals surface area contributed by atoms with Crippen molar-refractivity contribution < 1.29 is 9.53 Å². The minimum Gasteiger partial charge on any atom is -0.473 e. The van der Waals surface area contributed by atoms with E-state index >= 15 is 0 Å². The standard InChI is InChI=1S/C17H13N7O2/c25-17(24-16-14-15(21-9-20-14)22-10-23-16)12-6-13(19-8-18-12)26-7-11-4-2-1-3-5-11/h1-6,8-10H,7H2,(H2,20,21,22,23,24,25). The Labute approximate surface area is 147 Å². The third-order valence-electron chi connectivity index (χ3n) is 3.56. The maximum atomic E-state index is 12.5. The molecule has 128 valence electrons. The fourth-order valence-electron chi connectivity index (χ4n) is 2.31. The summed E-state index contributed by atoms with van der Waals surface area (Å²) in [5.41, 5.74) is 2.16. The number of rotatable bonds is 5. The van der Waals surface area contributed by atoms with Gasteiger partial charge in [0.05, 0.1) is 6.33 Å². The molecule has 0 atom stereocenters. The fraction of sp³-hybridized carbons (Fsp3) is 0.0588. The summed E-state index contributed by atoms with van der Waals surface area (Å²) in [7, 11) is 0. The number of hydrogen-bond acceptors (Lipinski definition) is 7. The smallest absolute Gasteiger partial charge is 0.275 e. The zero-order valence-electron chi connectivity index (χ0n) is 13.5. The molecule has 0 aliphatic carbocycles. The van der Waals surface area contributed by atoms with Crippen molar-refractivity contribution in [1.82, 2.24) is 29.9 Å². The summed E-state index contributed by atoms with van der Waals surface area (Å²) in [6.45, 7) is 0.347. The van der Waals surface area contributed by atoms with E-state index in [1.807, 2.05) is 30.3 Å². The molecule has 0 radical (unpaired) electrons. The van der Waals surface area contributed by atoms with Crippen molar-refractivity contribution in [3.63, 3.8) is 0 Å². The van der Waals surface area contributed by atoms with Gasteiger partial charge in [0.2, 0.25) is 5.88 Å². The lowest BCUT2D eigenvalue weighted by atomic mass is 10.2. The molecule has 9 nitrogen and oxygen atoms in total. The van der Waals surface area contributed by atoms with Crippen LogP contribution in [-0.2, 0) is 6.61 Å². The van der Waals surface area contributed by atoms with E-state index in [4.69, 9.17) is 4.74 Å². The third kappa shape index (κ3) is 3.31. The van der Waals surface area contributed by atoms with E-state index in [1.165, 1.54) is 25.0 Å². The molecule has 0 spiro atoms. The summed E-state index contributed by atoms with van der Waals surface area (Å²) in [5.74, 6) is 0.192. The van der Waals surface area contributed by atoms with E-state index in [2.05, 4.69) is 35.2 Å². The highest BCUT2D eigenvalue weighted by molar-refractivity contribution is 6.05. The first-order valence-corrected chi connectivity index (χ1v) is 7.74. The number of carbonyl (C=O) groups is 1. The van der Waals surface area contributed by atoms with Gasteiger partial charge in [-0.05, 0) is 5.56 Å². The Morgan fingerprint density at radius 1 is 1.04 bits per heavy atom. The normalized spacial score (nSPS) is 10.6. The zero-order chi connectivity index (χ0) is 17.8. The van der Waals surface area contributed by atoms with Crippen LogP contribution in [0.25, 0.3) is 11.2 Å². The lowest BCUT2D eigenvalue weighted by molar-refractivity contribution is 0.102. The highest BCUT2D eigenvalue weighted by Gasteiger charge is 2.13. The van der Waals surface area contributed by atoms with Gasteiger partial charge in [-0.2, -0.15) is 0 Å². The highest BCUT2D eigenvalue weighted by Crippen LogP contribution is 2.16. The molecule has 1 amide bonds. The number of imidazole rings is 1. The maximum Gasteiger partial charge on any atom is 0.275 e. The van der Waals surface area contributed by atoms with Gasteiger partial charge < -0.3 is 15.0 Å². The summed E-state index contributed by atoms with van der Waals surface area (Å²) >= 11 is 0. The van der Waals surface area contributed by atoms with Gasteiger partial charge in [-0.1, -0.05) is 30.3 Å². The van der Waals surface area contributed by atoms with Gasteiger partial charge in [-0.15, -0.1) is 0 Å². The predicted octanol–water partition coefficient (Wildman–Crippen LogP) is 1.97.